The third-order valence-corrected chi connectivity index (χ3v) is 3.98. The number of benzene rings is 1. The van der Waals surface area contributed by atoms with Crippen LogP contribution in [0, 0.1) is 5.82 Å². The third kappa shape index (κ3) is 4.98. The van der Waals surface area contributed by atoms with Gasteiger partial charge in [0, 0.05) is 12.1 Å². The van der Waals surface area contributed by atoms with E-state index in [0.717, 1.165) is 17.7 Å². The van der Waals surface area contributed by atoms with Crippen molar-refractivity contribution in [2.45, 2.75) is 32.4 Å². The van der Waals surface area contributed by atoms with Crippen molar-refractivity contribution < 1.29 is 4.39 Å². The zero-order valence-electron chi connectivity index (χ0n) is 10.5. The van der Waals surface area contributed by atoms with Gasteiger partial charge in [-0.15, -0.1) is 0 Å². The van der Waals surface area contributed by atoms with Crippen LogP contribution in [0.25, 0.3) is 0 Å². The van der Waals surface area contributed by atoms with Gasteiger partial charge in [-0.2, -0.15) is 11.8 Å². The summed E-state index contributed by atoms with van der Waals surface area (Å²) in [7, 11) is 0. The standard InChI is InChI=1S/C13H19BrFNS/c1-9(6-7-17-3)16-10(2)11-4-5-13(15)12(14)8-11/h4-5,8-10,16H,6-7H2,1-3H3. The summed E-state index contributed by atoms with van der Waals surface area (Å²) in [6.45, 7) is 4.29. The van der Waals surface area contributed by atoms with Crippen LogP contribution in [0.1, 0.15) is 31.9 Å². The molecule has 4 heteroatoms. The highest BCUT2D eigenvalue weighted by Gasteiger charge is 2.10. The van der Waals surface area contributed by atoms with Crippen LogP contribution >= 0.6 is 27.7 Å². The molecule has 2 unspecified atom stereocenters. The smallest absolute Gasteiger partial charge is 0.137 e. The molecule has 0 fully saturated rings. The van der Waals surface area contributed by atoms with Crippen molar-refractivity contribution in [2.24, 2.45) is 0 Å². The van der Waals surface area contributed by atoms with Gasteiger partial charge in [-0.25, -0.2) is 4.39 Å². The molecule has 17 heavy (non-hydrogen) atoms. The molecule has 0 radical (unpaired) electrons. The van der Waals surface area contributed by atoms with Crippen LogP contribution in [-0.2, 0) is 0 Å². The summed E-state index contributed by atoms with van der Waals surface area (Å²) in [5.41, 5.74) is 1.11. The van der Waals surface area contributed by atoms with Gasteiger partial charge in [-0.05, 0) is 65.9 Å². The second-order valence-corrected chi connectivity index (χ2v) is 6.08. The van der Waals surface area contributed by atoms with Crippen molar-refractivity contribution in [1.29, 1.82) is 0 Å². The van der Waals surface area contributed by atoms with E-state index in [4.69, 9.17) is 0 Å². The first kappa shape index (κ1) is 15.0. The van der Waals surface area contributed by atoms with Crippen molar-refractivity contribution in [3.05, 3.63) is 34.1 Å². The second-order valence-electron chi connectivity index (χ2n) is 4.24. The Bertz CT molecular complexity index is 359. The molecule has 1 aromatic rings. The quantitative estimate of drug-likeness (QED) is 0.835. The SMILES string of the molecule is CSCCC(C)NC(C)c1ccc(F)c(Br)c1. The summed E-state index contributed by atoms with van der Waals surface area (Å²) in [5.74, 6) is 0.949. The Morgan fingerprint density at radius 3 is 2.71 bits per heavy atom. The number of hydrogen-bond acceptors (Lipinski definition) is 2. The zero-order chi connectivity index (χ0) is 12.8. The van der Waals surface area contributed by atoms with E-state index in [-0.39, 0.29) is 11.9 Å². The lowest BCUT2D eigenvalue weighted by atomic mass is 10.1. The Balaban J connectivity index is 2.57. The normalized spacial score (nSPS) is 14.6. The Morgan fingerprint density at radius 2 is 2.12 bits per heavy atom. The van der Waals surface area contributed by atoms with Crippen LogP contribution in [0.5, 0.6) is 0 Å². The maximum Gasteiger partial charge on any atom is 0.137 e. The Hall–Kier alpha value is -0.0600. The fourth-order valence-corrected chi connectivity index (χ4v) is 2.67. The largest absolute Gasteiger partial charge is 0.308 e. The molecule has 1 aromatic carbocycles. The highest BCUT2D eigenvalue weighted by atomic mass is 79.9. The molecule has 0 aromatic heterocycles. The predicted octanol–water partition coefficient (Wildman–Crippen LogP) is 4.38. The van der Waals surface area contributed by atoms with Crippen molar-refractivity contribution in [3.63, 3.8) is 0 Å². The van der Waals surface area contributed by atoms with Crippen LogP contribution in [0.15, 0.2) is 22.7 Å². The van der Waals surface area contributed by atoms with E-state index in [1.807, 2.05) is 23.9 Å². The van der Waals surface area contributed by atoms with Crippen LogP contribution in [0.4, 0.5) is 4.39 Å². The van der Waals surface area contributed by atoms with Crippen LogP contribution in [-0.4, -0.2) is 18.1 Å². The average Bonchev–Trinajstić information content (AvgIpc) is 2.30. The van der Waals surface area contributed by atoms with E-state index in [9.17, 15) is 4.39 Å². The van der Waals surface area contributed by atoms with Gasteiger partial charge in [-0.3, -0.25) is 0 Å². The first-order valence-electron chi connectivity index (χ1n) is 5.74. The molecular formula is C13H19BrFNS. The lowest BCUT2D eigenvalue weighted by Gasteiger charge is -2.20. The molecule has 0 spiro atoms. The van der Waals surface area contributed by atoms with Crippen LogP contribution < -0.4 is 5.32 Å². The average molecular weight is 320 g/mol. The summed E-state index contributed by atoms with van der Waals surface area (Å²) in [6.07, 6.45) is 3.26. The molecule has 1 rings (SSSR count). The van der Waals surface area contributed by atoms with Gasteiger partial charge >= 0.3 is 0 Å². The van der Waals surface area contributed by atoms with Gasteiger partial charge in [0.15, 0.2) is 0 Å². The Labute approximate surface area is 116 Å². The number of nitrogens with one attached hydrogen (secondary N) is 1. The molecule has 0 saturated carbocycles. The monoisotopic (exact) mass is 319 g/mol. The molecule has 0 aliphatic carbocycles. The van der Waals surface area contributed by atoms with E-state index in [2.05, 4.69) is 41.3 Å². The maximum absolute atomic E-state index is 13.1. The maximum atomic E-state index is 13.1. The van der Waals surface area contributed by atoms with Crippen molar-refractivity contribution >= 4 is 27.7 Å². The lowest BCUT2D eigenvalue weighted by molar-refractivity contribution is 0.471. The molecule has 0 aliphatic rings. The fraction of sp³-hybridized carbons (Fsp3) is 0.538. The minimum Gasteiger partial charge on any atom is -0.308 e. The predicted molar refractivity (Wildman–Crippen MR) is 78.1 cm³/mol. The van der Waals surface area contributed by atoms with Gasteiger partial charge in [0.1, 0.15) is 5.82 Å². The van der Waals surface area contributed by atoms with E-state index >= 15 is 0 Å². The minimum absolute atomic E-state index is 0.212. The van der Waals surface area contributed by atoms with Gasteiger partial charge < -0.3 is 5.32 Å². The first-order valence-corrected chi connectivity index (χ1v) is 7.93. The molecular weight excluding hydrogens is 301 g/mol. The highest BCUT2D eigenvalue weighted by Crippen LogP contribution is 2.21. The molecule has 0 aliphatic heterocycles. The third-order valence-electron chi connectivity index (χ3n) is 2.73. The zero-order valence-corrected chi connectivity index (χ0v) is 12.9. The molecule has 0 heterocycles. The molecule has 0 amide bonds. The number of thioether (sulfide) groups is 1. The summed E-state index contributed by atoms with van der Waals surface area (Å²) in [4.78, 5) is 0. The molecule has 2 atom stereocenters. The van der Waals surface area contributed by atoms with Crippen LogP contribution in [0.2, 0.25) is 0 Å². The van der Waals surface area contributed by atoms with Gasteiger partial charge in [-0.1, -0.05) is 6.07 Å². The van der Waals surface area contributed by atoms with Crippen molar-refractivity contribution in [2.75, 3.05) is 12.0 Å². The topological polar surface area (TPSA) is 12.0 Å². The Kier molecular flexibility index (Phi) is 6.52. The first-order chi connectivity index (χ1) is 8.04. The van der Waals surface area contributed by atoms with E-state index in [1.165, 1.54) is 6.07 Å². The number of halogens is 2. The van der Waals surface area contributed by atoms with Crippen LogP contribution in [0.3, 0.4) is 0 Å². The van der Waals surface area contributed by atoms with Gasteiger partial charge in [0.25, 0.3) is 0 Å². The minimum atomic E-state index is -0.212. The summed E-state index contributed by atoms with van der Waals surface area (Å²) in [5, 5.41) is 3.52. The molecule has 1 nitrogen and oxygen atoms in total. The van der Waals surface area contributed by atoms with E-state index < -0.39 is 0 Å². The van der Waals surface area contributed by atoms with E-state index in [0.29, 0.717) is 10.5 Å². The highest BCUT2D eigenvalue weighted by molar-refractivity contribution is 9.10. The molecule has 96 valence electrons. The number of hydrogen-bond donors (Lipinski definition) is 1. The lowest BCUT2D eigenvalue weighted by Crippen LogP contribution is -2.29. The molecule has 0 bridgehead atoms. The van der Waals surface area contributed by atoms with E-state index in [1.54, 1.807) is 0 Å². The second kappa shape index (κ2) is 7.39. The molecule has 1 N–H and O–H groups in total. The summed E-state index contributed by atoms with van der Waals surface area (Å²) in [6, 6.07) is 5.89. The fourth-order valence-electron chi connectivity index (χ4n) is 1.68. The number of rotatable bonds is 6. The summed E-state index contributed by atoms with van der Waals surface area (Å²) < 4.78 is 13.6. The molecule has 0 saturated heterocycles. The van der Waals surface area contributed by atoms with Gasteiger partial charge in [0.05, 0.1) is 4.47 Å². The summed E-state index contributed by atoms with van der Waals surface area (Å²) >= 11 is 5.08. The van der Waals surface area contributed by atoms with Crippen molar-refractivity contribution in [3.8, 4) is 0 Å². The Morgan fingerprint density at radius 1 is 1.41 bits per heavy atom. The van der Waals surface area contributed by atoms with Gasteiger partial charge in [0.2, 0.25) is 0 Å². The van der Waals surface area contributed by atoms with Crippen molar-refractivity contribution in [1.82, 2.24) is 5.32 Å².